The summed E-state index contributed by atoms with van der Waals surface area (Å²) in [6.45, 7) is -0.464. The minimum absolute atomic E-state index is 0.186. The molecule has 1 N–H and O–H groups in total. The molecule has 0 spiro atoms. The SMILES string of the molecule is COc1ccc(C(=O)OCC(=O)Nc2ccc(Cl)c(Cl)c2)c(OC)c1. The molecule has 0 aliphatic carbocycles. The van der Waals surface area contributed by atoms with Crippen LogP contribution in [0.15, 0.2) is 36.4 Å². The Balaban J connectivity index is 1.97. The number of benzene rings is 2. The minimum Gasteiger partial charge on any atom is -0.497 e. The Morgan fingerprint density at radius 2 is 1.76 bits per heavy atom. The first kappa shape index (κ1) is 18.9. The molecular formula is C17H15Cl2NO5. The van der Waals surface area contributed by atoms with Crippen LogP contribution in [0.1, 0.15) is 10.4 Å². The summed E-state index contributed by atoms with van der Waals surface area (Å²) in [4.78, 5) is 24.0. The number of hydrogen-bond donors (Lipinski definition) is 1. The molecule has 25 heavy (non-hydrogen) atoms. The molecule has 6 nitrogen and oxygen atoms in total. The van der Waals surface area contributed by atoms with Crippen LogP contribution in [0.4, 0.5) is 5.69 Å². The van der Waals surface area contributed by atoms with E-state index >= 15 is 0 Å². The third kappa shape index (κ3) is 5.01. The maximum atomic E-state index is 12.1. The van der Waals surface area contributed by atoms with Crippen molar-refractivity contribution in [3.8, 4) is 11.5 Å². The zero-order chi connectivity index (χ0) is 18.4. The Morgan fingerprint density at radius 3 is 2.40 bits per heavy atom. The van der Waals surface area contributed by atoms with E-state index in [4.69, 9.17) is 37.4 Å². The molecule has 8 heteroatoms. The van der Waals surface area contributed by atoms with E-state index in [1.54, 1.807) is 24.3 Å². The summed E-state index contributed by atoms with van der Waals surface area (Å²) in [6, 6.07) is 9.27. The molecule has 0 bridgehead atoms. The lowest BCUT2D eigenvalue weighted by Crippen LogP contribution is -2.21. The van der Waals surface area contributed by atoms with Crippen LogP contribution in [-0.2, 0) is 9.53 Å². The van der Waals surface area contributed by atoms with Crippen molar-refractivity contribution >= 4 is 40.8 Å². The van der Waals surface area contributed by atoms with Crippen LogP contribution in [-0.4, -0.2) is 32.7 Å². The monoisotopic (exact) mass is 383 g/mol. The highest BCUT2D eigenvalue weighted by molar-refractivity contribution is 6.42. The second kappa shape index (κ2) is 8.60. The number of amides is 1. The standard InChI is InChI=1S/C17H15Cl2NO5/c1-23-11-4-5-12(15(8-11)24-2)17(22)25-9-16(21)20-10-3-6-13(18)14(19)7-10/h3-8H,9H2,1-2H3,(H,20,21). The fraction of sp³-hybridized carbons (Fsp3) is 0.176. The van der Waals surface area contributed by atoms with Gasteiger partial charge in [0.25, 0.3) is 5.91 Å². The lowest BCUT2D eigenvalue weighted by atomic mass is 10.2. The summed E-state index contributed by atoms with van der Waals surface area (Å²) in [5, 5.41) is 3.23. The lowest BCUT2D eigenvalue weighted by Gasteiger charge is -2.10. The minimum atomic E-state index is -0.691. The maximum absolute atomic E-state index is 12.1. The first-order valence-corrected chi connectivity index (χ1v) is 7.84. The number of carbonyl (C=O) groups excluding carboxylic acids is 2. The summed E-state index contributed by atoms with van der Waals surface area (Å²) >= 11 is 11.7. The van der Waals surface area contributed by atoms with E-state index < -0.39 is 18.5 Å². The molecule has 0 aliphatic rings. The fourth-order valence-electron chi connectivity index (χ4n) is 1.95. The van der Waals surface area contributed by atoms with Gasteiger partial charge in [-0.15, -0.1) is 0 Å². The van der Waals surface area contributed by atoms with E-state index in [9.17, 15) is 9.59 Å². The van der Waals surface area contributed by atoms with E-state index in [-0.39, 0.29) is 11.3 Å². The highest BCUT2D eigenvalue weighted by Crippen LogP contribution is 2.26. The molecule has 0 saturated heterocycles. The van der Waals surface area contributed by atoms with Gasteiger partial charge in [0.15, 0.2) is 6.61 Å². The molecule has 132 valence electrons. The molecule has 0 aliphatic heterocycles. The van der Waals surface area contributed by atoms with E-state index in [1.165, 1.54) is 26.4 Å². The van der Waals surface area contributed by atoms with Crippen molar-refractivity contribution in [1.29, 1.82) is 0 Å². The summed E-state index contributed by atoms with van der Waals surface area (Å²) in [6.07, 6.45) is 0. The van der Waals surface area contributed by atoms with Crippen molar-refractivity contribution in [2.75, 3.05) is 26.1 Å². The van der Waals surface area contributed by atoms with Gasteiger partial charge >= 0.3 is 5.97 Å². The van der Waals surface area contributed by atoms with Gasteiger partial charge in [0.05, 0.1) is 24.3 Å². The van der Waals surface area contributed by atoms with Gasteiger partial charge in [-0.25, -0.2) is 4.79 Å². The first-order chi connectivity index (χ1) is 11.9. The van der Waals surface area contributed by atoms with Gasteiger partial charge in [-0.1, -0.05) is 23.2 Å². The predicted molar refractivity (Wildman–Crippen MR) is 94.9 cm³/mol. The molecule has 0 unspecified atom stereocenters. The van der Waals surface area contributed by atoms with Crippen molar-refractivity contribution in [2.45, 2.75) is 0 Å². The number of halogens is 2. The van der Waals surface area contributed by atoms with Crippen LogP contribution in [0.2, 0.25) is 10.0 Å². The summed E-state index contributed by atoms with van der Waals surface area (Å²) in [5.74, 6) is -0.386. The molecule has 0 fully saturated rings. The van der Waals surface area contributed by atoms with Crippen LogP contribution in [0.5, 0.6) is 11.5 Å². The number of anilines is 1. The molecule has 1 amide bonds. The van der Waals surface area contributed by atoms with Crippen LogP contribution in [0.25, 0.3) is 0 Å². The predicted octanol–water partition coefficient (Wildman–Crippen LogP) is 3.81. The molecule has 0 aromatic heterocycles. The van der Waals surface area contributed by atoms with Gasteiger partial charge in [0.2, 0.25) is 0 Å². The van der Waals surface area contributed by atoms with Gasteiger partial charge in [0.1, 0.15) is 17.1 Å². The molecule has 0 heterocycles. The number of hydrogen-bond acceptors (Lipinski definition) is 5. The normalized spacial score (nSPS) is 10.1. The first-order valence-electron chi connectivity index (χ1n) is 7.08. The molecule has 2 aromatic carbocycles. The largest absolute Gasteiger partial charge is 0.497 e. The number of methoxy groups -OCH3 is 2. The van der Waals surface area contributed by atoms with Gasteiger partial charge in [-0.3, -0.25) is 4.79 Å². The maximum Gasteiger partial charge on any atom is 0.342 e. The van der Waals surface area contributed by atoms with Crippen molar-refractivity contribution in [3.05, 3.63) is 52.0 Å². The Morgan fingerprint density at radius 1 is 1.00 bits per heavy atom. The van der Waals surface area contributed by atoms with Crippen LogP contribution in [0.3, 0.4) is 0 Å². The molecule has 0 radical (unpaired) electrons. The average molecular weight is 384 g/mol. The van der Waals surface area contributed by atoms with Gasteiger partial charge < -0.3 is 19.5 Å². The van der Waals surface area contributed by atoms with Gasteiger partial charge in [0, 0.05) is 11.8 Å². The topological polar surface area (TPSA) is 73.9 Å². The highest BCUT2D eigenvalue weighted by Gasteiger charge is 2.16. The number of ether oxygens (including phenoxy) is 3. The fourth-order valence-corrected chi connectivity index (χ4v) is 2.25. The van der Waals surface area contributed by atoms with Crippen LogP contribution < -0.4 is 14.8 Å². The second-order valence-electron chi connectivity index (χ2n) is 4.82. The third-order valence-electron chi connectivity index (χ3n) is 3.17. The Bertz CT molecular complexity index is 795. The summed E-state index contributed by atoms with van der Waals surface area (Å²) < 4.78 is 15.2. The van der Waals surface area contributed by atoms with Gasteiger partial charge in [-0.2, -0.15) is 0 Å². The summed E-state index contributed by atoms with van der Waals surface area (Å²) in [7, 11) is 2.92. The number of rotatable bonds is 6. The van der Waals surface area contributed by atoms with E-state index in [2.05, 4.69) is 5.32 Å². The molecule has 2 aromatic rings. The van der Waals surface area contributed by atoms with Crippen LogP contribution >= 0.6 is 23.2 Å². The Kier molecular flexibility index (Phi) is 6.50. The zero-order valence-corrected chi connectivity index (χ0v) is 15.0. The van der Waals surface area contributed by atoms with E-state index in [1.807, 2.05) is 0 Å². The molecule has 0 saturated carbocycles. The van der Waals surface area contributed by atoms with Crippen LogP contribution in [0, 0.1) is 0 Å². The number of esters is 1. The summed E-state index contributed by atoms with van der Waals surface area (Å²) in [5.41, 5.74) is 0.628. The Hall–Kier alpha value is -2.44. The average Bonchev–Trinajstić information content (AvgIpc) is 2.62. The Labute approximate surface area is 154 Å². The highest BCUT2D eigenvalue weighted by atomic mass is 35.5. The van der Waals surface area contributed by atoms with Gasteiger partial charge in [-0.05, 0) is 30.3 Å². The molecule has 0 atom stereocenters. The second-order valence-corrected chi connectivity index (χ2v) is 5.63. The van der Waals surface area contributed by atoms with E-state index in [0.29, 0.717) is 21.5 Å². The molecule has 2 rings (SSSR count). The van der Waals surface area contributed by atoms with Crippen molar-refractivity contribution in [1.82, 2.24) is 0 Å². The smallest absolute Gasteiger partial charge is 0.342 e. The van der Waals surface area contributed by atoms with E-state index in [0.717, 1.165) is 0 Å². The van der Waals surface area contributed by atoms with Crippen molar-refractivity contribution in [3.63, 3.8) is 0 Å². The third-order valence-corrected chi connectivity index (χ3v) is 3.91. The quantitative estimate of drug-likeness (QED) is 0.767. The number of carbonyl (C=O) groups is 2. The lowest BCUT2D eigenvalue weighted by molar-refractivity contribution is -0.119. The van der Waals surface area contributed by atoms with Crippen molar-refractivity contribution < 1.29 is 23.8 Å². The molecular weight excluding hydrogens is 369 g/mol. The number of nitrogens with one attached hydrogen (secondary N) is 1. The zero-order valence-electron chi connectivity index (χ0n) is 13.5. The van der Waals surface area contributed by atoms with Crippen molar-refractivity contribution in [2.24, 2.45) is 0 Å².